The summed E-state index contributed by atoms with van der Waals surface area (Å²) in [6.45, 7) is 0.621. The largest absolute Gasteiger partial charge is 0.396 e. The van der Waals surface area contributed by atoms with Gasteiger partial charge in [0.2, 0.25) is 0 Å². The molecule has 148 valence electrons. The van der Waals surface area contributed by atoms with Gasteiger partial charge in [-0.1, -0.05) is 53.7 Å². The van der Waals surface area contributed by atoms with Crippen molar-refractivity contribution in [3.8, 4) is 5.69 Å². The van der Waals surface area contributed by atoms with Gasteiger partial charge in [0.25, 0.3) is 5.91 Å². The Morgan fingerprint density at radius 2 is 1.79 bits per heavy atom. The Balaban J connectivity index is 1.38. The van der Waals surface area contributed by atoms with Crippen LogP contribution in [0.1, 0.15) is 22.0 Å². The number of aliphatic hydroxyl groups is 2. The first-order valence-corrected chi connectivity index (χ1v) is 9.76. The molecule has 4 atom stereocenters. The van der Waals surface area contributed by atoms with Crippen molar-refractivity contribution in [3.05, 3.63) is 78.1 Å². The van der Waals surface area contributed by atoms with Crippen molar-refractivity contribution < 1.29 is 15.0 Å². The fourth-order valence-electron chi connectivity index (χ4n) is 4.95. The Morgan fingerprint density at radius 3 is 2.48 bits per heavy atom. The number of hydrogen-bond acceptors (Lipinski definition) is 5. The average molecular weight is 390 g/mol. The monoisotopic (exact) mass is 390 g/mol. The highest BCUT2D eigenvalue weighted by atomic mass is 16.3. The van der Waals surface area contributed by atoms with E-state index in [4.69, 9.17) is 0 Å². The molecule has 1 aliphatic heterocycles. The van der Waals surface area contributed by atoms with E-state index in [0.29, 0.717) is 6.54 Å². The number of benzene rings is 2. The number of aliphatic hydroxyl groups excluding tert-OH is 2. The molecule has 2 fully saturated rings. The van der Waals surface area contributed by atoms with Crippen LogP contribution in [0.4, 0.5) is 0 Å². The fraction of sp³-hybridized carbons (Fsp3) is 0.318. The van der Waals surface area contributed by atoms with Gasteiger partial charge in [-0.05, 0) is 29.5 Å². The molecule has 2 heterocycles. The van der Waals surface area contributed by atoms with Gasteiger partial charge < -0.3 is 15.1 Å². The molecule has 2 N–H and O–H groups in total. The van der Waals surface area contributed by atoms with Gasteiger partial charge in [0.05, 0.1) is 18.0 Å². The minimum absolute atomic E-state index is 0.0111. The smallest absolute Gasteiger partial charge is 0.276 e. The number of aromatic nitrogens is 3. The van der Waals surface area contributed by atoms with Crippen LogP contribution < -0.4 is 0 Å². The van der Waals surface area contributed by atoms with Crippen molar-refractivity contribution in [1.29, 1.82) is 0 Å². The van der Waals surface area contributed by atoms with E-state index in [1.165, 1.54) is 0 Å². The predicted molar refractivity (Wildman–Crippen MR) is 105 cm³/mol. The third-order valence-corrected chi connectivity index (χ3v) is 6.42. The second-order valence-corrected chi connectivity index (χ2v) is 7.88. The maximum Gasteiger partial charge on any atom is 0.276 e. The van der Waals surface area contributed by atoms with E-state index < -0.39 is 11.5 Å². The van der Waals surface area contributed by atoms with E-state index >= 15 is 0 Å². The van der Waals surface area contributed by atoms with Crippen molar-refractivity contribution in [1.82, 2.24) is 19.9 Å². The first-order valence-electron chi connectivity index (χ1n) is 9.76. The molecule has 0 bridgehead atoms. The molecule has 7 heteroatoms. The summed E-state index contributed by atoms with van der Waals surface area (Å²) in [4.78, 5) is 14.7. The molecule has 2 aromatic carbocycles. The summed E-state index contributed by atoms with van der Waals surface area (Å²) in [5.74, 6) is -0.266. The summed E-state index contributed by atoms with van der Waals surface area (Å²) >= 11 is 0. The van der Waals surface area contributed by atoms with E-state index in [1.54, 1.807) is 15.8 Å². The summed E-state index contributed by atoms with van der Waals surface area (Å²) < 4.78 is 1.57. The molecule has 1 aliphatic carbocycles. The summed E-state index contributed by atoms with van der Waals surface area (Å²) in [6.07, 6.45) is 0.929. The van der Waals surface area contributed by atoms with Crippen LogP contribution >= 0.6 is 0 Å². The van der Waals surface area contributed by atoms with E-state index in [-0.39, 0.29) is 36.6 Å². The zero-order chi connectivity index (χ0) is 20.0. The van der Waals surface area contributed by atoms with Gasteiger partial charge in [-0.15, -0.1) is 5.10 Å². The molecule has 1 spiro atoms. The normalized spacial score (nSPS) is 28.1. The molecular formula is C22H22N4O3. The fourth-order valence-corrected chi connectivity index (χ4v) is 4.95. The highest BCUT2D eigenvalue weighted by Crippen LogP contribution is 2.68. The maximum absolute atomic E-state index is 13.0. The number of carbonyl (C=O) groups is 1. The second kappa shape index (κ2) is 6.79. The lowest BCUT2D eigenvalue weighted by molar-refractivity contribution is 0.0758. The molecule has 1 saturated carbocycles. The van der Waals surface area contributed by atoms with E-state index in [0.717, 1.165) is 11.3 Å². The van der Waals surface area contributed by atoms with Gasteiger partial charge in [-0.3, -0.25) is 4.79 Å². The molecule has 3 aromatic rings. The van der Waals surface area contributed by atoms with Crippen LogP contribution in [0, 0.1) is 11.3 Å². The summed E-state index contributed by atoms with van der Waals surface area (Å²) in [5.41, 5.74) is 1.66. The number of carbonyl (C=O) groups excluding carboxylic acids is 1. The molecule has 2 aliphatic rings. The van der Waals surface area contributed by atoms with Crippen molar-refractivity contribution in [2.75, 3.05) is 19.7 Å². The summed E-state index contributed by atoms with van der Waals surface area (Å²) in [5, 5.41) is 28.9. The number of rotatable bonds is 4. The Labute approximate surface area is 168 Å². The zero-order valence-corrected chi connectivity index (χ0v) is 15.8. The summed E-state index contributed by atoms with van der Waals surface area (Å²) in [6, 6.07) is 19.4. The quantitative estimate of drug-likeness (QED) is 0.704. The second-order valence-electron chi connectivity index (χ2n) is 7.88. The molecule has 0 radical (unpaired) electrons. The van der Waals surface area contributed by atoms with Gasteiger partial charge in [0, 0.05) is 25.1 Å². The molecule has 0 unspecified atom stereocenters. The molecule has 1 amide bonds. The van der Waals surface area contributed by atoms with Crippen molar-refractivity contribution in [3.63, 3.8) is 0 Å². The average Bonchev–Trinajstić information content (AvgIpc) is 3.04. The van der Waals surface area contributed by atoms with Crippen LogP contribution in [0.5, 0.6) is 0 Å². The Kier molecular flexibility index (Phi) is 4.22. The lowest BCUT2D eigenvalue weighted by Gasteiger charge is -2.15. The van der Waals surface area contributed by atoms with Gasteiger partial charge >= 0.3 is 0 Å². The Bertz CT molecular complexity index is 1020. The molecular weight excluding hydrogens is 368 g/mol. The molecule has 1 aromatic heterocycles. The van der Waals surface area contributed by atoms with Gasteiger partial charge in [-0.2, -0.15) is 0 Å². The van der Waals surface area contributed by atoms with Crippen LogP contribution in [-0.2, 0) is 0 Å². The number of amides is 1. The van der Waals surface area contributed by atoms with Gasteiger partial charge in [0.15, 0.2) is 5.69 Å². The first kappa shape index (κ1) is 18.0. The highest BCUT2D eigenvalue weighted by Gasteiger charge is 2.71. The van der Waals surface area contributed by atoms with Crippen molar-refractivity contribution in [2.24, 2.45) is 11.3 Å². The maximum atomic E-state index is 13.0. The number of β-amino-alcohol motifs (C(OH)–C–C–N with tert-alkyl or cyclic N) is 1. The highest BCUT2D eigenvalue weighted by molar-refractivity contribution is 5.92. The molecule has 7 nitrogen and oxygen atoms in total. The predicted octanol–water partition coefficient (Wildman–Crippen LogP) is 1.48. The first-order chi connectivity index (χ1) is 14.1. The van der Waals surface area contributed by atoms with Crippen LogP contribution in [0.15, 0.2) is 66.9 Å². The number of hydrogen-bond donors (Lipinski definition) is 2. The van der Waals surface area contributed by atoms with Crippen LogP contribution in [0.3, 0.4) is 0 Å². The van der Waals surface area contributed by atoms with Crippen LogP contribution in [0.25, 0.3) is 5.69 Å². The standard InChI is InChI=1S/C22H22N4O3/c27-13-17-20(15-7-3-1-4-8-15)22(17)14-25(12-19(22)28)21(29)18-11-26(24-23-18)16-9-5-2-6-10-16/h1-11,17,19-20,27-28H,12-14H2/t17-,19+,20-,22-/m1/s1. The third kappa shape index (κ3) is 2.77. The van der Waals surface area contributed by atoms with Crippen molar-refractivity contribution in [2.45, 2.75) is 12.0 Å². The molecule has 5 rings (SSSR count). The van der Waals surface area contributed by atoms with Crippen molar-refractivity contribution >= 4 is 5.91 Å². The minimum Gasteiger partial charge on any atom is -0.396 e. The number of likely N-dealkylation sites (tertiary alicyclic amines) is 1. The molecule has 1 saturated heterocycles. The lowest BCUT2D eigenvalue weighted by Crippen LogP contribution is -2.30. The Hall–Kier alpha value is -3.03. The molecule has 29 heavy (non-hydrogen) atoms. The van der Waals surface area contributed by atoms with Crippen LogP contribution in [0.2, 0.25) is 0 Å². The van der Waals surface area contributed by atoms with Crippen LogP contribution in [-0.4, -0.2) is 61.8 Å². The number of para-hydroxylation sites is 1. The number of nitrogens with zero attached hydrogens (tertiary/aromatic N) is 4. The minimum atomic E-state index is -0.682. The van der Waals surface area contributed by atoms with E-state index in [1.807, 2.05) is 60.7 Å². The van der Waals surface area contributed by atoms with E-state index in [2.05, 4.69) is 10.3 Å². The van der Waals surface area contributed by atoms with Gasteiger partial charge in [-0.25, -0.2) is 4.68 Å². The zero-order valence-electron chi connectivity index (χ0n) is 15.8. The topological polar surface area (TPSA) is 91.5 Å². The Morgan fingerprint density at radius 1 is 1.10 bits per heavy atom. The van der Waals surface area contributed by atoms with E-state index in [9.17, 15) is 15.0 Å². The van der Waals surface area contributed by atoms with Gasteiger partial charge in [0.1, 0.15) is 0 Å². The SMILES string of the molecule is O=C(c1cn(-c2ccccc2)nn1)N1C[C@H](O)[C@@]2(C1)[C@H](CO)[C@H]2c1ccccc1. The summed E-state index contributed by atoms with van der Waals surface area (Å²) in [7, 11) is 0. The lowest BCUT2D eigenvalue weighted by atomic mass is 9.95. The third-order valence-electron chi connectivity index (χ3n) is 6.42.